The lowest BCUT2D eigenvalue weighted by molar-refractivity contribution is -0.137. The lowest BCUT2D eigenvalue weighted by atomic mass is 10.1. The molecule has 2 rings (SSSR count). The summed E-state index contributed by atoms with van der Waals surface area (Å²) in [4.78, 5) is 35.4. The SMILES string of the molecule is O=C(O)CN1CC(=O)Nc2ccc(CO)cc2C1=O. The Morgan fingerprint density at radius 1 is 1.37 bits per heavy atom. The number of nitrogens with zero attached hydrogens (tertiary/aromatic N) is 1. The Balaban J connectivity index is 2.43. The maximum atomic E-state index is 12.2. The smallest absolute Gasteiger partial charge is 0.323 e. The first kappa shape index (κ1) is 13.0. The molecule has 0 spiro atoms. The normalized spacial score (nSPS) is 14.7. The molecule has 0 atom stereocenters. The molecule has 1 aromatic rings. The van der Waals surface area contributed by atoms with Crippen molar-refractivity contribution in [2.24, 2.45) is 0 Å². The van der Waals surface area contributed by atoms with Crippen LogP contribution in [0.5, 0.6) is 0 Å². The molecule has 0 bridgehead atoms. The van der Waals surface area contributed by atoms with E-state index < -0.39 is 24.3 Å². The second-order valence-electron chi connectivity index (χ2n) is 4.14. The monoisotopic (exact) mass is 264 g/mol. The highest BCUT2D eigenvalue weighted by Crippen LogP contribution is 2.22. The van der Waals surface area contributed by atoms with E-state index in [0.717, 1.165) is 4.90 Å². The van der Waals surface area contributed by atoms with Crippen LogP contribution in [-0.4, -0.2) is 46.0 Å². The van der Waals surface area contributed by atoms with Gasteiger partial charge in [0.1, 0.15) is 13.1 Å². The Bertz CT molecular complexity index is 555. The van der Waals surface area contributed by atoms with Gasteiger partial charge in [-0.2, -0.15) is 0 Å². The van der Waals surface area contributed by atoms with E-state index in [1.165, 1.54) is 12.1 Å². The van der Waals surface area contributed by atoms with Gasteiger partial charge in [-0.05, 0) is 17.7 Å². The van der Waals surface area contributed by atoms with Crippen LogP contribution in [0.1, 0.15) is 15.9 Å². The van der Waals surface area contributed by atoms with E-state index in [-0.39, 0.29) is 18.7 Å². The van der Waals surface area contributed by atoms with E-state index in [2.05, 4.69) is 5.32 Å². The maximum Gasteiger partial charge on any atom is 0.323 e. The van der Waals surface area contributed by atoms with Crippen molar-refractivity contribution < 1.29 is 24.6 Å². The van der Waals surface area contributed by atoms with Crippen molar-refractivity contribution in [2.45, 2.75) is 6.61 Å². The number of anilines is 1. The Morgan fingerprint density at radius 3 is 2.74 bits per heavy atom. The van der Waals surface area contributed by atoms with Crippen molar-refractivity contribution in [1.82, 2.24) is 4.90 Å². The third kappa shape index (κ3) is 2.71. The quantitative estimate of drug-likeness (QED) is 0.692. The molecule has 100 valence electrons. The molecular weight excluding hydrogens is 252 g/mol. The number of nitrogens with one attached hydrogen (secondary N) is 1. The summed E-state index contributed by atoms with van der Waals surface area (Å²) in [6.45, 7) is -1.10. The van der Waals surface area contributed by atoms with Gasteiger partial charge in [-0.1, -0.05) is 6.07 Å². The number of aliphatic hydroxyl groups is 1. The summed E-state index contributed by atoms with van der Waals surface area (Å²) in [5, 5.41) is 20.3. The highest BCUT2D eigenvalue weighted by Gasteiger charge is 2.27. The van der Waals surface area contributed by atoms with E-state index in [1.807, 2.05) is 0 Å². The Kier molecular flexibility index (Phi) is 3.48. The summed E-state index contributed by atoms with van der Waals surface area (Å²) in [5.41, 5.74) is 1.01. The zero-order valence-corrected chi connectivity index (χ0v) is 9.92. The highest BCUT2D eigenvalue weighted by molar-refractivity contribution is 6.09. The molecule has 19 heavy (non-hydrogen) atoms. The molecule has 1 aliphatic rings. The minimum atomic E-state index is -1.19. The maximum absolute atomic E-state index is 12.2. The first-order chi connectivity index (χ1) is 9.01. The van der Waals surface area contributed by atoms with Gasteiger partial charge in [-0.25, -0.2) is 0 Å². The molecule has 0 unspecified atom stereocenters. The molecule has 1 aliphatic heterocycles. The number of hydrogen-bond acceptors (Lipinski definition) is 4. The van der Waals surface area contributed by atoms with E-state index in [0.29, 0.717) is 11.3 Å². The molecule has 7 nitrogen and oxygen atoms in total. The van der Waals surface area contributed by atoms with Crippen LogP contribution in [0.25, 0.3) is 0 Å². The van der Waals surface area contributed by atoms with E-state index >= 15 is 0 Å². The number of fused-ring (bicyclic) bond motifs is 1. The zero-order valence-electron chi connectivity index (χ0n) is 9.92. The van der Waals surface area contributed by atoms with Gasteiger partial charge in [0.05, 0.1) is 17.9 Å². The van der Waals surface area contributed by atoms with Crippen LogP contribution in [0.2, 0.25) is 0 Å². The van der Waals surface area contributed by atoms with Crippen molar-refractivity contribution in [2.75, 3.05) is 18.4 Å². The number of amides is 2. The second-order valence-corrected chi connectivity index (χ2v) is 4.14. The number of carboxylic acids is 1. The van der Waals surface area contributed by atoms with Gasteiger partial charge in [0.2, 0.25) is 5.91 Å². The number of rotatable bonds is 3. The van der Waals surface area contributed by atoms with E-state index in [1.54, 1.807) is 6.07 Å². The molecule has 0 saturated heterocycles. The summed E-state index contributed by atoms with van der Waals surface area (Å²) < 4.78 is 0. The predicted octanol–water partition coefficient (Wildman–Crippen LogP) is -0.342. The second kappa shape index (κ2) is 5.07. The van der Waals surface area contributed by atoms with E-state index in [4.69, 9.17) is 10.2 Å². The van der Waals surface area contributed by atoms with Gasteiger partial charge in [-0.3, -0.25) is 14.4 Å². The number of aliphatic carboxylic acids is 1. The van der Waals surface area contributed by atoms with Crippen LogP contribution in [0.4, 0.5) is 5.69 Å². The number of hydrogen-bond donors (Lipinski definition) is 3. The van der Waals surface area contributed by atoms with Gasteiger partial charge in [-0.15, -0.1) is 0 Å². The zero-order chi connectivity index (χ0) is 14.0. The van der Waals surface area contributed by atoms with Gasteiger partial charge >= 0.3 is 5.97 Å². The average molecular weight is 264 g/mol. The van der Waals surface area contributed by atoms with Crippen LogP contribution in [0.3, 0.4) is 0 Å². The minimum absolute atomic E-state index is 0.179. The molecule has 0 aliphatic carbocycles. The molecule has 1 heterocycles. The van der Waals surface area contributed by atoms with Gasteiger partial charge in [0, 0.05) is 0 Å². The molecule has 0 saturated carbocycles. The molecule has 0 aromatic heterocycles. The standard InChI is InChI=1S/C12H12N2O5/c15-6-7-1-2-9-8(3-7)12(19)14(5-11(17)18)4-10(16)13-9/h1-3,15H,4-6H2,(H,13,16)(H,17,18). The molecule has 1 aromatic carbocycles. The van der Waals surface area contributed by atoms with Crippen LogP contribution < -0.4 is 5.32 Å². The number of benzene rings is 1. The summed E-state index contributed by atoms with van der Waals surface area (Å²) in [6.07, 6.45) is 0. The molecule has 2 amide bonds. The largest absolute Gasteiger partial charge is 0.480 e. The fourth-order valence-corrected chi connectivity index (χ4v) is 1.87. The van der Waals surface area contributed by atoms with Crippen molar-refractivity contribution in [3.63, 3.8) is 0 Å². The summed E-state index contributed by atoms with van der Waals surface area (Å²) in [6, 6.07) is 4.54. The third-order valence-electron chi connectivity index (χ3n) is 2.72. The fraction of sp³-hybridized carbons (Fsp3) is 0.250. The van der Waals surface area contributed by atoms with E-state index in [9.17, 15) is 14.4 Å². The Hall–Kier alpha value is -2.41. The van der Waals surface area contributed by atoms with Crippen LogP contribution in [0.15, 0.2) is 18.2 Å². The lowest BCUT2D eigenvalue weighted by Crippen LogP contribution is -2.38. The highest BCUT2D eigenvalue weighted by atomic mass is 16.4. The predicted molar refractivity (Wildman–Crippen MR) is 64.5 cm³/mol. The van der Waals surface area contributed by atoms with Crippen molar-refractivity contribution >= 4 is 23.5 Å². The number of carbonyl (C=O) groups is 3. The topological polar surface area (TPSA) is 107 Å². The third-order valence-corrected chi connectivity index (χ3v) is 2.72. The van der Waals surface area contributed by atoms with Crippen molar-refractivity contribution in [3.8, 4) is 0 Å². The molecule has 0 fully saturated rings. The fourth-order valence-electron chi connectivity index (χ4n) is 1.87. The van der Waals surface area contributed by atoms with Gasteiger partial charge in [0.25, 0.3) is 5.91 Å². The number of aliphatic hydroxyl groups excluding tert-OH is 1. The van der Waals surface area contributed by atoms with Gasteiger partial charge in [0.15, 0.2) is 0 Å². The average Bonchev–Trinajstić information content (AvgIpc) is 2.47. The van der Waals surface area contributed by atoms with Crippen molar-refractivity contribution in [1.29, 1.82) is 0 Å². The summed E-state index contributed by atoms with van der Waals surface area (Å²) in [7, 11) is 0. The number of carboxylic acid groups (broad SMARTS) is 1. The van der Waals surface area contributed by atoms with Crippen LogP contribution in [-0.2, 0) is 16.2 Å². The number of carbonyl (C=O) groups excluding carboxylic acids is 2. The Labute approximate surface area is 108 Å². The summed E-state index contributed by atoms with van der Waals surface area (Å²) >= 11 is 0. The van der Waals surface area contributed by atoms with Crippen LogP contribution in [0, 0.1) is 0 Å². The van der Waals surface area contributed by atoms with Crippen molar-refractivity contribution in [3.05, 3.63) is 29.3 Å². The summed E-state index contributed by atoms with van der Waals surface area (Å²) in [5.74, 6) is -2.20. The first-order valence-corrected chi connectivity index (χ1v) is 5.56. The minimum Gasteiger partial charge on any atom is -0.480 e. The molecule has 3 N–H and O–H groups in total. The first-order valence-electron chi connectivity index (χ1n) is 5.56. The molecule has 7 heteroatoms. The molecular formula is C12H12N2O5. The van der Waals surface area contributed by atoms with Crippen LogP contribution >= 0.6 is 0 Å². The Morgan fingerprint density at radius 2 is 2.11 bits per heavy atom. The van der Waals surface area contributed by atoms with Gasteiger partial charge < -0.3 is 20.4 Å². The molecule has 0 radical (unpaired) electrons. The lowest BCUT2D eigenvalue weighted by Gasteiger charge is -2.17.